The number of hydrogen-bond acceptors (Lipinski definition) is 7. The van der Waals surface area contributed by atoms with Crippen LogP contribution in [0.4, 0.5) is 4.39 Å². The Labute approximate surface area is 192 Å². The van der Waals surface area contributed by atoms with Crippen LogP contribution >= 0.6 is 30.5 Å². The molecule has 1 unspecified atom stereocenters. The second kappa shape index (κ2) is 10.2. The fourth-order valence-corrected chi connectivity index (χ4v) is 6.57. The molecule has 0 bridgehead atoms. The smallest absolute Gasteiger partial charge is 0.391 e. The number of fused-ring (bicyclic) bond motifs is 1. The van der Waals surface area contributed by atoms with E-state index in [0.717, 1.165) is 29.5 Å². The van der Waals surface area contributed by atoms with Gasteiger partial charge in [0.05, 0.1) is 12.2 Å². The van der Waals surface area contributed by atoms with Crippen LogP contribution in [0.1, 0.15) is 12.0 Å². The summed E-state index contributed by atoms with van der Waals surface area (Å²) in [7, 11) is -8.62. The maximum atomic E-state index is 13.6. The first-order chi connectivity index (χ1) is 15.1. The quantitative estimate of drug-likeness (QED) is 0.231. The molecule has 0 aliphatic carbocycles. The molecule has 0 fully saturated rings. The van der Waals surface area contributed by atoms with Crippen LogP contribution < -0.4 is 14.0 Å². The van der Waals surface area contributed by atoms with Gasteiger partial charge in [0.25, 0.3) is 10.0 Å². The van der Waals surface area contributed by atoms with E-state index in [0.29, 0.717) is 34.7 Å². The van der Waals surface area contributed by atoms with Gasteiger partial charge in [-0.1, -0.05) is 0 Å². The number of ether oxygens (including phenoxy) is 1. The van der Waals surface area contributed by atoms with Crippen molar-refractivity contribution in [2.45, 2.75) is 10.6 Å². The molecule has 0 spiro atoms. The highest BCUT2D eigenvalue weighted by Crippen LogP contribution is 2.42. The van der Waals surface area contributed by atoms with E-state index in [1.54, 1.807) is 24.3 Å². The van der Waals surface area contributed by atoms with Gasteiger partial charge in [-0.15, -0.1) is 22.9 Å². The minimum absolute atomic E-state index is 0.0603. The molecule has 32 heavy (non-hydrogen) atoms. The Hall–Kier alpha value is -2.19. The third-order valence-electron chi connectivity index (χ3n) is 4.04. The molecular weight excluding hydrogens is 502 g/mol. The van der Waals surface area contributed by atoms with E-state index in [1.807, 2.05) is 4.72 Å². The van der Waals surface area contributed by atoms with Crippen molar-refractivity contribution in [3.05, 3.63) is 53.8 Å². The number of nitrogens with one attached hydrogen (secondary N) is 1. The summed E-state index contributed by atoms with van der Waals surface area (Å²) in [5.74, 6) is -0.204. The highest BCUT2D eigenvalue weighted by molar-refractivity contribution is 7.92. The van der Waals surface area contributed by atoms with Crippen molar-refractivity contribution in [1.29, 1.82) is 5.26 Å². The van der Waals surface area contributed by atoms with Crippen molar-refractivity contribution in [3.63, 3.8) is 0 Å². The van der Waals surface area contributed by atoms with Gasteiger partial charge in [-0.25, -0.2) is 17.4 Å². The first-order valence-corrected chi connectivity index (χ1v) is 13.7. The topological polar surface area (TPSA) is 126 Å². The zero-order chi connectivity index (χ0) is 23.4. The number of nitrogens with zero attached hydrogens (tertiary/aromatic N) is 1. The monoisotopic (exact) mass is 518 g/mol. The second-order valence-corrected chi connectivity index (χ2v) is 11.7. The minimum atomic E-state index is -4.50. The molecule has 2 aromatic carbocycles. The van der Waals surface area contributed by atoms with Crippen LogP contribution in [-0.4, -0.2) is 32.1 Å². The summed E-state index contributed by atoms with van der Waals surface area (Å²) in [4.78, 5) is 9.97. The molecule has 1 aromatic heterocycles. The molecule has 0 saturated carbocycles. The zero-order valence-electron chi connectivity index (χ0n) is 16.3. The molecule has 0 saturated heterocycles. The molecule has 1 atom stereocenters. The van der Waals surface area contributed by atoms with Gasteiger partial charge in [0.2, 0.25) is 0 Å². The Morgan fingerprint density at radius 3 is 2.66 bits per heavy atom. The van der Waals surface area contributed by atoms with Crippen LogP contribution in [0.2, 0.25) is 0 Å². The SMILES string of the molecule is N#Cc1ccc(OP(=O)(O)CNS(=O)(=O)c2cc3cc(OCCCCl)ccc3s2)cc1F. The fraction of sp³-hybridized carbons (Fsp3) is 0.211. The Balaban J connectivity index is 1.69. The lowest BCUT2D eigenvalue weighted by Gasteiger charge is -2.14. The lowest BCUT2D eigenvalue weighted by atomic mass is 10.2. The average Bonchev–Trinajstić information content (AvgIpc) is 3.17. The van der Waals surface area contributed by atoms with Gasteiger partial charge in [0.1, 0.15) is 33.9 Å². The summed E-state index contributed by atoms with van der Waals surface area (Å²) < 4.78 is 64.2. The van der Waals surface area contributed by atoms with Gasteiger partial charge < -0.3 is 14.2 Å². The van der Waals surface area contributed by atoms with Gasteiger partial charge >= 0.3 is 7.60 Å². The molecule has 0 aliphatic heterocycles. The van der Waals surface area contributed by atoms with Crippen LogP contribution in [0.3, 0.4) is 0 Å². The van der Waals surface area contributed by atoms with E-state index >= 15 is 0 Å². The van der Waals surface area contributed by atoms with Crippen LogP contribution in [-0.2, 0) is 14.6 Å². The third kappa shape index (κ3) is 6.19. The van der Waals surface area contributed by atoms with Crippen LogP contribution in [0.15, 0.2) is 46.7 Å². The van der Waals surface area contributed by atoms with Gasteiger partial charge in [-0.3, -0.25) is 0 Å². The van der Waals surface area contributed by atoms with Crippen molar-refractivity contribution in [1.82, 2.24) is 4.72 Å². The molecule has 13 heteroatoms. The normalized spacial score (nSPS) is 13.4. The Kier molecular flexibility index (Phi) is 7.77. The van der Waals surface area contributed by atoms with Gasteiger partial charge in [0, 0.05) is 16.6 Å². The standard InChI is InChI=1S/C19H17ClFN2O6PS2/c20-6-1-7-28-15-4-5-18-14(8-15)9-19(31-18)32(26,27)23-12-30(24,25)29-16-3-2-13(11-22)17(21)10-16/h2-5,8-10,23H,1,6-7,12H2,(H,24,25). The van der Waals surface area contributed by atoms with Crippen molar-refractivity contribution < 1.29 is 31.5 Å². The average molecular weight is 519 g/mol. The molecule has 0 aliphatic rings. The summed E-state index contributed by atoms with van der Waals surface area (Å²) in [6, 6.07) is 11.1. The van der Waals surface area contributed by atoms with Crippen LogP contribution in [0.25, 0.3) is 10.1 Å². The van der Waals surface area contributed by atoms with E-state index in [4.69, 9.17) is 26.1 Å². The highest BCUT2D eigenvalue weighted by Gasteiger charge is 2.27. The first-order valence-electron chi connectivity index (χ1n) is 9.06. The number of thiophene rings is 1. The van der Waals surface area contributed by atoms with Gasteiger partial charge in [-0.2, -0.15) is 9.98 Å². The lowest BCUT2D eigenvalue weighted by Crippen LogP contribution is -2.25. The number of halogens is 2. The molecule has 2 N–H and O–H groups in total. The fourth-order valence-electron chi connectivity index (χ4n) is 2.54. The van der Waals surface area contributed by atoms with E-state index in [1.165, 1.54) is 6.07 Å². The number of nitriles is 1. The number of hydrogen-bond donors (Lipinski definition) is 2. The summed E-state index contributed by atoms with van der Waals surface area (Å²) in [6.45, 7) is 0.431. The molecule has 0 amide bonds. The Morgan fingerprint density at radius 2 is 1.97 bits per heavy atom. The molecule has 3 rings (SSSR count). The van der Waals surface area contributed by atoms with E-state index in [2.05, 4.69) is 0 Å². The van der Waals surface area contributed by atoms with Crippen molar-refractivity contribution in [2.75, 3.05) is 18.8 Å². The molecule has 170 valence electrons. The number of benzene rings is 2. The molecule has 1 heterocycles. The predicted octanol–water partition coefficient (Wildman–Crippen LogP) is 4.42. The third-order valence-corrected chi connectivity index (χ3v) is 8.57. The summed E-state index contributed by atoms with van der Waals surface area (Å²) in [5, 5.41) is 9.35. The van der Waals surface area contributed by atoms with Crippen molar-refractivity contribution in [3.8, 4) is 17.6 Å². The Morgan fingerprint density at radius 1 is 1.22 bits per heavy atom. The molecular formula is C19H17ClFN2O6PS2. The summed E-state index contributed by atoms with van der Waals surface area (Å²) in [6.07, 6.45) is -0.261. The van der Waals surface area contributed by atoms with E-state index in [9.17, 15) is 22.3 Å². The van der Waals surface area contributed by atoms with Gasteiger partial charge in [-0.05, 0) is 48.2 Å². The van der Waals surface area contributed by atoms with Crippen molar-refractivity contribution in [2.24, 2.45) is 0 Å². The first kappa shape index (κ1) is 24.5. The van der Waals surface area contributed by atoms with Crippen molar-refractivity contribution >= 4 is 50.6 Å². The molecule has 8 nitrogen and oxygen atoms in total. The Bertz CT molecular complexity index is 1330. The zero-order valence-corrected chi connectivity index (χ0v) is 19.6. The summed E-state index contributed by atoms with van der Waals surface area (Å²) >= 11 is 6.60. The highest BCUT2D eigenvalue weighted by atomic mass is 35.5. The van der Waals surface area contributed by atoms with Crippen LogP contribution in [0.5, 0.6) is 11.5 Å². The summed E-state index contributed by atoms with van der Waals surface area (Å²) in [5.41, 5.74) is -0.261. The second-order valence-electron chi connectivity index (χ2n) is 6.44. The number of alkyl halides is 1. The molecule has 0 radical (unpaired) electrons. The predicted molar refractivity (Wildman–Crippen MR) is 119 cm³/mol. The minimum Gasteiger partial charge on any atom is -0.494 e. The van der Waals surface area contributed by atoms with E-state index < -0.39 is 29.7 Å². The largest absolute Gasteiger partial charge is 0.494 e. The number of rotatable bonds is 10. The lowest BCUT2D eigenvalue weighted by molar-refractivity contribution is 0.319. The van der Waals surface area contributed by atoms with Crippen LogP contribution in [0, 0.1) is 17.1 Å². The van der Waals surface area contributed by atoms with E-state index in [-0.39, 0.29) is 15.5 Å². The maximum Gasteiger partial charge on any atom is 0.391 e. The van der Waals surface area contributed by atoms with Gasteiger partial charge in [0.15, 0.2) is 0 Å². The molecule has 3 aromatic rings. The number of sulfonamides is 1. The maximum absolute atomic E-state index is 13.6.